The summed E-state index contributed by atoms with van der Waals surface area (Å²) in [6.45, 7) is 13.2. The summed E-state index contributed by atoms with van der Waals surface area (Å²) in [5.41, 5.74) is 0. The lowest BCUT2D eigenvalue weighted by molar-refractivity contribution is -0.110. The van der Waals surface area contributed by atoms with Crippen LogP contribution in [0.5, 0.6) is 0 Å². The van der Waals surface area contributed by atoms with Gasteiger partial charge in [0.15, 0.2) is 8.32 Å². The summed E-state index contributed by atoms with van der Waals surface area (Å²) in [5.74, 6) is 5.32. The van der Waals surface area contributed by atoms with Crippen molar-refractivity contribution in [1.29, 1.82) is 0 Å². The lowest BCUT2D eigenvalue weighted by atomic mass is 10.0. The summed E-state index contributed by atoms with van der Waals surface area (Å²) in [6.07, 6.45) is 12.1. The number of aldehydes is 1. The van der Waals surface area contributed by atoms with E-state index < -0.39 is 8.32 Å². The molecule has 2 heterocycles. The summed E-state index contributed by atoms with van der Waals surface area (Å²) < 4.78 is 13.1. The highest BCUT2D eigenvalue weighted by Crippen LogP contribution is 2.51. The number of hydrogen-bond acceptors (Lipinski definition) is 5. The maximum Gasteiger partial charge on any atom is 0.193 e. The second-order valence-corrected chi connectivity index (χ2v) is 17.8. The number of ether oxygens (including phenoxy) is 1. The van der Waals surface area contributed by atoms with E-state index in [4.69, 9.17) is 15.6 Å². The van der Waals surface area contributed by atoms with Gasteiger partial charge < -0.3 is 14.0 Å². The third-order valence-corrected chi connectivity index (χ3v) is 14.2. The summed E-state index contributed by atoms with van der Waals surface area (Å²) >= 11 is 4.06. The van der Waals surface area contributed by atoms with Crippen LogP contribution in [0.4, 0.5) is 0 Å². The van der Waals surface area contributed by atoms with Crippen LogP contribution in [0.2, 0.25) is 18.1 Å². The molecule has 0 aromatic rings. The van der Waals surface area contributed by atoms with Crippen LogP contribution >= 0.6 is 23.5 Å². The van der Waals surface area contributed by atoms with E-state index in [0.717, 1.165) is 32.0 Å². The molecule has 2 aliphatic heterocycles. The average molecular weight is 443 g/mol. The molecule has 0 aromatic carbocycles. The molecule has 28 heavy (non-hydrogen) atoms. The highest BCUT2D eigenvalue weighted by Gasteiger charge is 2.44. The third kappa shape index (κ3) is 6.28. The van der Waals surface area contributed by atoms with Gasteiger partial charge in [-0.15, -0.1) is 29.9 Å². The molecule has 2 rings (SSSR count). The van der Waals surface area contributed by atoms with E-state index in [1.54, 1.807) is 0 Å². The quantitative estimate of drug-likeness (QED) is 0.272. The minimum absolute atomic E-state index is 0.0109. The van der Waals surface area contributed by atoms with Crippen LogP contribution < -0.4 is 0 Å². The van der Waals surface area contributed by atoms with Crippen LogP contribution in [0.25, 0.3) is 0 Å². The van der Waals surface area contributed by atoms with Gasteiger partial charge in [-0.3, -0.25) is 0 Å². The van der Waals surface area contributed by atoms with Gasteiger partial charge in [-0.25, -0.2) is 0 Å². The first-order chi connectivity index (χ1) is 13.0. The number of carbonyl (C=O) groups excluding carboxylic acids is 1. The number of terminal acetylenes is 1. The van der Waals surface area contributed by atoms with Crippen molar-refractivity contribution in [2.75, 3.05) is 11.5 Å². The fourth-order valence-electron chi connectivity index (χ4n) is 3.64. The molecule has 0 radical (unpaired) electrons. The van der Waals surface area contributed by atoms with Crippen LogP contribution in [0, 0.1) is 18.3 Å². The Hall–Kier alpha value is 0.0669. The molecular weight excluding hydrogens is 404 g/mol. The van der Waals surface area contributed by atoms with Crippen molar-refractivity contribution in [2.24, 2.45) is 5.92 Å². The van der Waals surface area contributed by atoms with Gasteiger partial charge in [-0.05, 0) is 61.7 Å². The Labute approximate surface area is 182 Å². The predicted octanol–water partition coefficient (Wildman–Crippen LogP) is 5.74. The molecule has 0 aliphatic carbocycles. The van der Waals surface area contributed by atoms with Crippen molar-refractivity contribution in [1.82, 2.24) is 0 Å². The number of thioether (sulfide) groups is 2. The molecule has 4 atom stereocenters. The largest absolute Gasteiger partial charge is 0.401 e. The van der Waals surface area contributed by atoms with Crippen LogP contribution in [-0.2, 0) is 14.0 Å². The number of rotatable bonds is 8. The molecule has 0 saturated carbocycles. The normalized spacial score (nSPS) is 27.8. The zero-order valence-electron chi connectivity index (χ0n) is 18.5. The van der Waals surface area contributed by atoms with Gasteiger partial charge in [0.1, 0.15) is 12.4 Å². The minimum Gasteiger partial charge on any atom is -0.401 e. The van der Waals surface area contributed by atoms with Crippen molar-refractivity contribution < 1.29 is 14.0 Å². The molecule has 2 aliphatic rings. The smallest absolute Gasteiger partial charge is 0.193 e. The summed E-state index contributed by atoms with van der Waals surface area (Å²) in [7, 11) is -1.93. The fourth-order valence-corrected chi connectivity index (χ4v) is 8.55. The van der Waals surface area contributed by atoms with E-state index in [-0.39, 0.29) is 33.3 Å². The van der Waals surface area contributed by atoms with Crippen molar-refractivity contribution in [3.05, 3.63) is 0 Å². The Morgan fingerprint density at radius 2 is 1.96 bits per heavy atom. The zero-order valence-corrected chi connectivity index (χ0v) is 21.1. The third-order valence-electron chi connectivity index (χ3n) is 6.29. The summed E-state index contributed by atoms with van der Waals surface area (Å²) in [6, 6.07) is 0. The first-order valence-corrected chi connectivity index (χ1v) is 15.4. The van der Waals surface area contributed by atoms with Crippen LogP contribution in [0.3, 0.4) is 0 Å². The molecule has 0 spiro atoms. The molecule has 160 valence electrons. The van der Waals surface area contributed by atoms with Gasteiger partial charge in [0.25, 0.3) is 0 Å². The maximum absolute atomic E-state index is 11.3. The first-order valence-electron chi connectivity index (χ1n) is 10.5. The Morgan fingerprint density at radius 1 is 1.32 bits per heavy atom. The molecule has 6 heteroatoms. The molecule has 0 bridgehead atoms. The first kappa shape index (κ1) is 24.3. The van der Waals surface area contributed by atoms with E-state index in [1.165, 1.54) is 17.9 Å². The second kappa shape index (κ2) is 9.92. The Balaban J connectivity index is 2.01. The molecule has 2 saturated heterocycles. The van der Waals surface area contributed by atoms with E-state index in [9.17, 15) is 4.79 Å². The lowest BCUT2D eigenvalue weighted by Crippen LogP contribution is -2.46. The van der Waals surface area contributed by atoms with E-state index in [1.807, 2.05) is 30.4 Å². The second-order valence-electron chi connectivity index (χ2n) is 9.82. The molecule has 0 amide bonds. The minimum atomic E-state index is -1.93. The van der Waals surface area contributed by atoms with Gasteiger partial charge in [-0.2, -0.15) is 0 Å². The molecule has 3 nitrogen and oxygen atoms in total. The standard InChI is InChI=1S/C22H38O3S2Si/c1-8-19(25-28(6,7)21(3,4)5)20-11-10-18(24-20)15-22(14-17(2)16-23)26-12-9-13-27-22/h1,16-20H,9-15H2,2-7H3/t17-,18+,19+,20+/m0/s1. The Morgan fingerprint density at radius 3 is 2.50 bits per heavy atom. The number of hydrogen-bond donors (Lipinski definition) is 0. The topological polar surface area (TPSA) is 35.5 Å². The van der Waals surface area contributed by atoms with Gasteiger partial charge in [0.2, 0.25) is 0 Å². The number of carbonyl (C=O) groups is 1. The monoisotopic (exact) mass is 442 g/mol. The maximum atomic E-state index is 11.3. The average Bonchev–Trinajstić information content (AvgIpc) is 3.07. The van der Waals surface area contributed by atoms with Gasteiger partial charge >= 0.3 is 0 Å². The molecule has 0 unspecified atom stereocenters. The van der Waals surface area contributed by atoms with Gasteiger partial charge in [-0.1, -0.05) is 33.6 Å². The highest BCUT2D eigenvalue weighted by atomic mass is 32.2. The SMILES string of the molecule is C#C[C@@H](O[Si](C)(C)C(C)(C)C)[C@H]1CC[C@H](CC2(C[C@H](C)C=O)SCCCS2)O1. The van der Waals surface area contributed by atoms with Gasteiger partial charge in [0.05, 0.1) is 16.3 Å². The van der Waals surface area contributed by atoms with Crippen molar-refractivity contribution >= 4 is 38.1 Å². The van der Waals surface area contributed by atoms with Crippen molar-refractivity contribution in [2.45, 2.75) is 100 Å². The van der Waals surface area contributed by atoms with E-state index in [2.05, 4.69) is 39.8 Å². The lowest BCUT2D eigenvalue weighted by Gasteiger charge is -2.40. The highest BCUT2D eigenvalue weighted by molar-refractivity contribution is 8.18. The molecule has 2 fully saturated rings. The van der Waals surface area contributed by atoms with Crippen LogP contribution in [0.1, 0.15) is 59.8 Å². The Bertz CT molecular complexity index is 561. The summed E-state index contributed by atoms with van der Waals surface area (Å²) in [4.78, 5) is 11.3. The van der Waals surface area contributed by atoms with Gasteiger partial charge in [0, 0.05) is 5.92 Å². The summed E-state index contributed by atoms with van der Waals surface area (Å²) in [5, 5.41) is 0.129. The van der Waals surface area contributed by atoms with E-state index >= 15 is 0 Å². The Kier molecular flexibility index (Phi) is 8.62. The molecular formula is C22H38O3S2Si. The fraction of sp³-hybridized carbons (Fsp3) is 0.864. The van der Waals surface area contributed by atoms with Crippen molar-refractivity contribution in [3.8, 4) is 12.3 Å². The van der Waals surface area contributed by atoms with Crippen LogP contribution in [-0.4, -0.2) is 48.5 Å². The van der Waals surface area contributed by atoms with Crippen molar-refractivity contribution in [3.63, 3.8) is 0 Å². The molecule has 0 aromatic heterocycles. The zero-order chi connectivity index (χ0) is 21.0. The van der Waals surface area contributed by atoms with E-state index in [0.29, 0.717) is 0 Å². The predicted molar refractivity (Wildman–Crippen MR) is 126 cm³/mol. The van der Waals surface area contributed by atoms with Crippen LogP contribution in [0.15, 0.2) is 0 Å². The molecule has 0 N–H and O–H groups in total.